The van der Waals surface area contributed by atoms with Gasteiger partial charge in [-0.05, 0) is 31.9 Å². The number of hydrogen-bond acceptors (Lipinski definition) is 5. The Kier molecular flexibility index (Phi) is 5.36. The zero-order chi connectivity index (χ0) is 12.6. The fraction of sp³-hybridized carbons (Fsp3) is 0.692. The molecule has 1 aliphatic rings. The van der Waals surface area contributed by atoms with Gasteiger partial charge < -0.3 is 10.4 Å². The Morgan fingerprint density at radius 2 is 2.39 bits per heavy atom. The summed E-state index contributed by atoms with van der Waals surface area (Å²) in [6.45, 7) is 3.37. The quantitative estimate of drug-likeness (QED) is 0.741. The van der Waals surface area contributed by atoms with Crippen LogP contribution in [0.5, 0.6) is 0 Å². The molecule has 1 aliphatic heterocycles. The van der Waals surface area contributed by atoms with Gasteiger partial charge in [0.15, 0.2) is 0 Å². The second kappa shape index (κ2) is 7.28. The largest absolute Gasteiger partial charge is 0.395 e. The summed E-state index contributed by atoms with van der Waals surface area (Å²) in [6, 6.07) is 2.25. The third-order valence-electron chi connectivity index (χ3n) is 3.47. The summed E-state index contributed by atoms with van der Waals surface area (Å²) in [4.78, 5) is 10.4. The van der Waals surface area contributed by atoms with Gasteiger partial charge in [0.1, 0.15) is 12.1 Å². The van der Waals surface area contributed by atoms with Crippen molar-refractivity contribution in [1.82, 2.24) is 14.9 Å². The molecule has 1 aromatic rings. The third kappa shape index (κ3) is 3.92. The molecule has 1 saturated heterocycles. The summed E-state index contributed by atoms with van der Waals surface area (Å²) in [5.74, 6) is 0.877. The predicted molar refractivity (Wildman–Crippen MR) is 71.4 cm³/mol. The maximum absolute atomic E-state index is 9.32. The van der Waals surface area contributed by atoms with E-state index in [1.807, 2.05) is 6.07 Å². The number of aliphatic hydroxyl groups is 1. The average molecular weight is 250 g/mol. The number of anilines is 1. The van der Waals surface area contributed by atoms with Gasteiger partial charge >= 0.3 is 0 Å². The Hall–Kier alpha value is -1.20. The minimum Gasteiger partial charge on any atom is -0.395 e. The SMILES string of the molecule is OC[C@@H]1CCCCN1CCCNc1ccncn1. The Labute approximate surface area is 108 Å². The summed E-state index contributed by atoms with van der Waals surface area (Å²) in [7, 11) is 0. The summed E-state index contributed by atoms with van der Waals surface area (Å²) >= 11 is 0. The van der Waals surface area contributed by atoms with Crippen LogP contribution in [0.1, 0.15) is 25.7 Å². The van der Waals surface area contributed by atoms with Crippen LogP contribution in [0.25, 0.3) is 0 Å². The molecule has 2 rings (SSSR count). The van der Waals surface area contributed by atoms with Gasteiger partial charge in [-0.15, -0.1) is 0 Å². The molecule has 0 amide bonds. The van der Waals surface area contributed by atoms with Crippen molar-refractivity contribution in [2.24, 2.45) is 0 Å². The van der Waals surface area contributed by atoms with E-state index in [-0.39, 0.29) is 0 Å². The second-order valence-corrected chi connectivity index (χ2v) is 4.74. The van der Waals surface area contributed by atoms with Gasteiger partial charge in [0.25, 0.3) is 0 Å². The molecular formula is C13H22N4O. The summed E-state index contributed by atoms with van der Waals surface area (Å²) < 4.78 is 0. The summed E-state index contributed by atoms with van der Waals surface area (Å²) in [5, 5.41) is 12.6. The van der Waals surface area contributed by atoms with Crippen molar-refractivity contribution in [3.05, 3.63) is 18.6 Å². The molecule has 1 fully saturated rings. The van der Waals surface area contributed by atoms with Gasteiger partial charge in [-0.25, -0.2) is 9.97 Å². The van der Waals surface area contributed by atoms with Crippen molar-refractivity contribution in [3.63, 3.8) is 0 Å². The van der Waals surface area contributed by atoms with Crippen molar-refractivity contribution in [1.29, 1.82) is 0 Å². The van der Waals surface area contributed by atoms with Crippen LogP contribution in [-0.2, 0) is 0 Å². The van der Waals surface area contributed by atoms with E-state index in [9.17, 15) is 5.11 Å². The van der Waals surface area contributed by atoms with Crippen molar-refractivity contribution >= 4 is 5.82 Å². The molecule has 1 aromatic heterocycles. The smallest absolute Gasteiger partial charge is 0.129 e. The minimum absolute atomic E-state index is 0.291. The van der Waals surface area contributed by atoms with E-state index in [2.05, 4.69) is 20.2 Å². The van der Waals surface area contributed by atoms with Crippen molar-refractivity contribution in [3.8, 4) is 0 Å². The summed E-state index contributed by atoms with van der Waals surface area (Å²) in [6.07, 6.45) is 8.00. The fourth-order valence-corrected chi connectivity index (χ4v) is 2.46. The highest BCUT2D eigenvalue weighted by molar-refractivity contribution is 5.31. The average Bonchev–Trinajstić information content (AvgIpc) is 2.45. The monoisotopic (exact) mass is 250 g/mol. The molecule has 100 valence electrons. The number of nitrogens with zero attached hydrogens (tertiary/aromatic N) is 3. The van der Waals surface area contributed by atoms with Gasteiger partial charge in [-0.3, -0.25) is 4.90 Å². The van der Waals surface area contributed by atoms with Crippen molar-refractivity contribution < 1.29 is 5.11 Å². The van der Waals surface area contributed by atoms with Crippen LogP contribution in [0.2, 0.25) is 0 Å². The number of aromatic nitrogens is 2. The number of likely N-dealkylation sites (tertiary alicyclic amines) is 1. The van der Waals surface area contributed by atoms with E-state index in [4.69, 9.17) is 0 Å². The molecule has 0 bridgehead atoms. The van der Waals surface area contributed by atoms with Crippen LogP contribution in [-0.4, -0.2) is 52.3 Å². The Morgan fingerprint density at radius 3 is 3.17 bits per heavy atom. The van der Waals surface area contributed by atoms with E-state index in [1.165, 1.54) is 12.8 Å². The molecule has 2 N–H and O–H groups in total. The van der Waals surface area contributed by atoms with Gasteiger partial charge in [0, 0.05) is 25.3 Å². The van der Waals surface area contributed by atoms with Crippen LogP contribution in [0.4, 0.5) is 5.82 Å². The van der Waals surface area contributed by atoms with Crippen LogP contribution in [0, 0.1) is 0 Å². The van der Waals surface area contributed by atoms with E-state index in [0.717, 1.165) is 38.3 Å². The first-order valence-electron chi connectivity index (χ1n) is 6.75. The number of nitrogens with one attached hydrogen (secondary N) is 1. The number of piperidine rings is 1. The maximum Gasteiger partial charge on any atom is 0.129 e. The normalized spacial score (nSPS) is 20.8. The minimum atomic E-state index is 0.291. The Balaban J connectivity index is 1.65. The zero-order valence-electron chi connectivity index (χ0n) is 10.8. The number of hydrogen-bond donors (Lipinski definition) is 2. The maximum atomic E-state index is 9.32. The first-order valence-corrected chi connectivity index (χ1v) is 6.75. The molecule has 2 heterocycles. The zero-order valence-corrected chi connectivity index (χ0v) is 10.8. The highest BCUT2D eigenvalue weighted by atomic mass is 16.3. The Bertz CT molecular complexity index is 333. The molecule has 0 aromatic carbocycles. The number of aliphatic hydroxyl groups excluding tert-OH is 1. The van der Waals surface area contributed by atoms with Crippen LogP contribution in [0.15, 0.2) is 18.6 Å². The molecular weight excluding hydrogens is 228 g/mol. The van der Waals surface area contributed by atoms with E-state index in [0.29, 0.717) is 12.6 Å². The Morgan fingerprint density at radius 1 is 1.44 bits per heavy atom. The van der Waals surface area contributed by atoms with Crippen molar-refractivity contribution in [2.45, 2.75) is 31.7 Å². The second-order valence-electron chi connectivity index (χ2n) is 4.74. The molecule has 0 spiro atoms. The van der Waals surface area contributed by atoms with Crippen LogP contribution < -0.4 is 5.32 Å². The highest BCUT2D eigenvalue weighted by Crippen LogP contribution is 2.16. The van der Waals surface area contributed by atoms with E-state index >= 15 is 0 Å². The van der Waals surface area contributed by atoms with Gasteiger partial charge in [0.05, 0.1) is 6.61 Å². The number of rotatable bonds is 6. The molecule has 0 saturated carbocycles. The lowest BCUT2D eigenvalue weighted by Gasteiger charge is -2.34. The lowest BCUT2D eigenvalue weighted by Crippen LogP contribution is -2.42. The fourth-order valence-electron chi connectivity index (χ4n) is 2.46. The standard InChI is InChI=1S/C13H22N4O/c18-10-12-4-1-2-8-17(12)9-3-6-15-13-5-7-14-11-16-13/h5,7,11-12,18H,1-4,6,8-10H2,(H,14,15,16)/t12-/m0/s1. The topological polar surface area (TPSA) is 61.3 Å². The lowest BCUT2D eigenvalue weighted by atomic mass is 10.0. The molecule has 0 aliphatic carbocycles. The van der Waals surface area contributed by atoms with Gasteiger partial charge in [0.2, 0.25) is 0 Å². The predicted octanol–water partition coefficient (Wildman–Crippen LogP) is 1.13. The lowest BCUT2D eigenvalue weighted by molar-refractivity contribution is 0.0901. The first kappa shape index (κ1) is 13.2. The van der Waals surface area contributed by atoms with E-state index < -0.39 is 0 Å². The van der Waals surface area contributed by atoms with Crippen LogP contribution >= 0.6 is 0 Å². The first-order chi connectivity index (χ1) is 8.90. The third-order valence-corrected chi connectivity index (χ3v) is 3.47. The van der Waals surface area contributed by atoms with Crippen LogP contribution in [0.3, 0.4) is 0 Å². The van der Waals surface area contributed by atoms with E-state index in [1.54, 1.807) is 12.5 Å². The van der Waals surface area contributed by atoms with Crippen molar-refractivity contribution in [2.75, 3.05) is 31.6 Å². The molecule has 0 radical (unpaired) electrons. The van der Waals surface area contributed by atoms with Gasteiger partial charge in [-0.1, -0.05) is 6.42 Å². The molecule has 0 unspecified atom stereocenters. The molecule has 1 atom stereocenters. The molecule has 5 heteroatoms. The highest BCUT2D eigenvalue weighted by Gasteiger charge is 2.20. The molecule has 5 nitrogen and oxygen atoms in total. The van der Waals surface area contributed by atoms with Gasteiger partial charge in [-0.2, -0.15) is 0 Å². The molecule has 18 heavy (non-hydrogen) atoms. The summed E-state index contributed by atoms with van der Waals surface area (Å²) in [5.41, 5.74) is 0.